The van der Waals surface area contributed by atoms with E-state index in [2.05, 4.69) is 0 Å². The summed E-state index contributed by atoms with van der Waals surface area (Å²) < 4.78 is 12.1. The molecule has 0 aliphatic rings. The molecule has 0 aliphatic carbocycles. The molecule has 1 heterocycles. The summed E-state index contributed by atoms with van der Waals surface area (Å²) in [4.78, 5) is 27.6. The maximum absolute atomic E-state index is 13.4. The van der Waals surface area contributed by atoms with Gasteiger partial charge in [-0.05, 0) is 43.2 Å². The van der Waals surface area contributed by atoms with Gasteiger partial charge in [-0.3, -0.25) is 9.59 Å². The number of aromatic nitrogens is 1. The smallest absolute Gasteiger partial charge is 0.260 e. The first-order valence-electron chi connectivity index (χ1n) is 8.89. The zero-order valence-electron chi connectivity index (χ0n) is 17.0. The normalized spacial score (nSPS) is 10.8. The highest BCUT2D eigenvalue weighted by molar-refractivity contribution is 6.14. The zero-order valence-corrected chi connectivity index (χ0v) is 17.0. The van der Waals surface area contributed by atoms with Gasteiger partial charge in [0.2, 0.25) is 0 Å². The van der Waals surface area contributed by atoms with Crippen LogP contribution in [0.4, 0.5) is 5.69 Å². The Morgan fingerprint density at radius 3 is 2.21 bits per heavy atom. The third-order valence-electron chi connectivity index (χ3n) is 4.95. The number of hydrogen-bond acceptors (Lipinski definition) is 4. The minimum atomic E-state index is -0.207. The Hall–Kier alpha value is -3.28. The van der Waals surface area contributed by atoms with Gasteiger partial charge in [0.15, 0.2) is 11.5 Å². The fraction of sp³-hybridized carbons (Fsp3) is 0.273. The fourth-order valence-electron chi connectivity index (χ4n) is 3.33. The van der Waals surface area contributed by atoms with Crippen LogP contribution >= 0.6 is 0 Å². The van der Waals surface area contributed by atoms with Crippen molar-refractivity contribution in [1.82, 2.24) is 4.57 Å². The number of carbonyl (C=O) groups is 1. The van der Waals surface area contributed by atoms with Gasteiger partial charge in [0.1, 0.15) is 0 Å². The van der Waals surface area contributed by atoms with Crippen LogP contribution in [0.1, 0.15) is 21.5 Å². The molecule has 3 rings (SSSR count). The van der Waals surface area contributed by atoms with E-state index < -0.39 is 0 Å². The third kappa shape index (κ3) is 3.22. The Balaban J connectivity index is 2.24. The van der Waals surface area contributed by atoms with Crippen LogP contribution in [-0.4, -0.2) is 31.7 Å². The number of hydrogen-bond donors (Lipinski definition) is 0. The van der Waals surface area contributed by atoms with Crippen LogP contribution in [0.5, 0.6) is 11.5 Å². The number of fused-ring (bicyclic) bond motifs is 1. The Kier molecular flexibility index (Phi) is 5.14. The molecule has 0 aliphatic heterocycles. The number of ether oxygens (including phenoxy) is 2. The Morgan fingerprint density at radius 2 is 1.61 bits per heavy atom. The van der Waals surface area contributed by atoms with E-state index in [1.807, 2.05) is 32.0 Å². The predicted molar refractivity (Wildman–Crippen MR) is 111 cm³/mol. The van der Waals surface area contributed by atoms with E-state index in [9.17, 15) is 9.59 Å². The van der Waals surface area contributed by atoms with Crippen LogP contribution in [0.3, 0.4) is 0 Å². The van der Waals surface area contributed by atoms with Crippen molar-refractivity contribution in [3.05, 3.63) is 63.6 Å². The van der Waals surface area contributed by atoms with Gasteiger partial charge in [-0.2, -0.15) is 0 Å². The van der Waals surface area contributed by atoms with Gasteiger partial charge in [-0.15, -0.1) is 0 Å². The second-order valence-electron chi connectivity index (χ2n) is 6.87. The number of aryl methyl sites for hydroxylation is 3. The second kappa shape index (κ2) is 7.38. The van der Waals surface area contributed by atoms with Crippen molar-refractivity contribution in [3.8, 4) is 11.5 Å². The Bertz CT molecular complexity index is 1130. The van der Waals surface area contributed by atoms with Gasteiger partial charge in [-0.1, -0.05) is 12.1 Å². The average Bonchev–Trinajstić information content (AvgIpc) is 2.70. The van der Waals surface area contributed by atoms with Gasteiger partial charge < -0.3 is 18.9 Å². The molecule has 0 saturated carbocycles. The monoisotopic (exact) mass is 380 g/mol. The molecule has 0 fully saturated rings. The number of nitrogens with zero attached hydrogens (tertiary/aromatic N) is 2. The molecule has 3 aromatic rings. The molecule has 1 amide bonds. The fourth-order valence-corrected chi connectivity index (χ4v) is 3.33. The largest absolute Gasteiger partial charge is 0.493 e. The number of carbonyl (C=O) groups excluding carboxylic acids is 1. The number of benzene rings is 2. The molecule has 0 atom stereocenters. The molecule has 0 radical (unpaired) electrons. The summed E-state index contributed by atoms with van der Waals surface area (Å²) in [6.45, 7) is 3.95. The van der Waals surface area contributed by atoms with Crippen molar-refractivity contribution < 1.29 is 14.3 Å². The summed E-state index contributed by atoms with van der Waals surface area (Å²) in [5.74, 6) is 0.702. The highest BCUT2D eigenvalue weighted by Gasteiger charge is 2.21. The summed E-state index contributed by atoms with van der Waals surface area (Å²) in [6, 6.07) is 9.27. The first-order chi connectivity index (χ1) is 13.3. The predicted octanol–water partition coefficient (Wildman–Crippen LogP) is 3.45. The van der Waals surface area contributed by atoms with E-state index in [0.29, 0.717) is 27.8 Å². The van der Waals surface area contributed by atoms with Gasteiger partial charge in [0, 0.05) is 31.4 Å². The quantitative estimate of drug-likeness (QED) is 0.696. The lowest BCUT2D eigenvalue weighted by atomic mass is 10.0. The SMILES string of the molecule is COc1cc2c(C(=O)N(C)c3cc(C)ccc3C)cn(C)c(=O)c2cc1OC. The van der Waals surface area contributed by atoms with Crippen molar-refractivity contribution in [2.24, 2.45) is 7.05 Å². The first kappa shape index (κ1) is 19.5. The van der Waals surface area contributed by atoms with Crippen LogP contribution in [-0.2, 0) is 7.05 Å². The standard InChI is InChI=1S/C22H24N2O4/c1-13-7-8-14(2)18(9-13)24(4)22(26)17-12-23(3)21(25)16-11-20(28-6)19(27-5)10-15(16)17/h7-12H,1-6H3. The van der Waals surface area contributed by atoms with E-state index in [4.69, 9.17) is 9.47 Å². The number of anilines is 1. The van der Waals surface area contributed by atoms with E-state index in [1.165, 1.54) is 18.8 Å². The lowest BCUT2D eigenvalue weighted by Gasteiger charge is -2.22. The summed E-state index contributed by atoms with van der Waals surface area (Å²) in [7, 11) is 6.40. The zero-order chi connectivity index (χ0) is 20.6. The maximum Gasteiger partial charge on any atom is 0.260 e. The number of rotatable bonds is 4. The van der Waals surface area contributed by atoms with Crippen LogP contribution in [0.2, 0.25) is 0 Å². The van der Waals surface area contributed by atoms with Crippen molar-refractivity contribution >= 4 is 22.4 Å². The molecule has 28 heavy (non-hydrogen) atoms. The van der Waals surface area contributed by atoms with E-state index >= 15 is 0 Å². The lowest BCUT2D eigenvalue weighted by molar-refractivity contribution is 0.0993. The first-order valence-corrected chi connectivity index (χ1v) is 8.89. The third-order valence-corrected chi connectivity index (χ3v) is 4.95. The lowest BCUT2D eigenvalue weighted by Crippen LogP contribution is -2.29. The van der Waals surface area contributed by atoms with Gasteiger partial charge in [0.05, 0.1) is 25.2 Å². The van der Waals surface area contributed by atoms with Crippen LogP contribution in [0, 0.1) is 13.8 Å². The minimum absolute atomic E-state index is 0.207. The molecule has 0 saturated heterocycles. The van der Waals surface area contributed by atoms with E-state index in [1.54, 1.807) is 37.3 Å². The molecule has 6 nitrogen and oxygen atoms in total. The Labute approximate surface area is 163 Å². The van der Waals surface area contributed by atoms with Crippen LogP contribution < -0.4 is 19.9 Å². The summed E-state index contributed by atoms with van der Waals surface area (Å²) in [5.41, 5.74) is 3.10. The van der Waals surface area contributed by atoms with Crippen molar-refractivity contribution in [2.45, 2.75) is 13.8 Å². The molecular formula is C22H24N2O4. The highest BCUT2D eigenvalue weighted by atomic mass is 16.5. The summed E-state index contributed by atoms with van der Waals surface area (Å²) >= 11 is 0. The van der Waals surface area contributed by atoms with Gasteiger partial charge >= 0.3 is 0 Å². The molecular weight excluding hydrogens is 356 g/mol. The average molecular weight is 380 g/mol. The number of methoxy groups -OCH3 is 2. The number of pyridine rings is 1. The summed E-state index contributed by atoms with van der Waals surface area (Å²) in [6.07, 6.45) is 1.57. The van der Waals surface area contributed by atoms with Crippen LogP contribution in [0.15, 0.2) is 41.3 Å². The molecule has 146 valence electrons. The number of amides is 1. The topological polar surface area (TPSA) is 60.8 Å². The molecule has 0 spiro atoms. The highest BCUT2D eigenvalue weighted by Crippen LogP contribution is 2.33. The molecule has 2 aromatic carbocycles. The molecule has 0 N–H and O–H groups in total. The molecule has 0 unspecified atom stereocenters. The van der Waals surface area contributed by atoms with E-state index in [-0.39, 0.29) is 11.5 Å². The molecule has 0 bridgehead atoms. The Morgan fingerprint density at radius 1 is 1.00 bits per heavy atom. The van der Waals surface area contributed by atoms with Gasteiger partial charge in [-0.25, -0.2) is 0 Å². The van der Waals surface area contributed by atoms with Crippen molar-refractivity contribution in [3.63, 3.8) is 0 Å². The van der Waals surface area contributed by atoms with Crippen molar-refractivity contribution in [1.29, 1.82) is 0 Å². The van der Waals surface area contributed by atoms with E-state index in [0.717, 1.165) is 16.8 Å². The molecule has 6 heteroatoms. The van der Waals surface area contributed by atoms with Gasteiger partial charge in [0.25, 0.3) is 11.5 Å². The van der Waals surface area contributed by atoms with Crippen molar-refractivity contribution in [2.75, 3.05) is 26.2 Å². The molecule has 1 aromatic heterocycles. The minimum Gasteiger partial charge on any atom is -0.493 e. The maximum atomic E-state index is 13.4. The second-order valence-corrected chi connectivity index (χ2v) is 6.87. The summed E-state index contributed by atoms with van der Waals surface area (Å²) in [5, 5.41) is 0.934. The van der Waals surface area contributed by atoms with Crippen LogP contribution in [0.25, 0.3) is 10.8 Å².